The molecule has 0 bridgehead atoms. The lowest BCUT2D eigenvalue weighted by molar-refractivity contribution is 0.356. The highest BCUT2D eigenvalue weighted by molar-refractivity contribution is 5.55. The van der Waals surface area contributed by atoms with Gasteiger partial charge in [-0.05, 0) is 54.2 Å². The molecule has 1 aliphatic carbocycles. The number of anilines is 2. The lowest BCUT2D eigenvalue weighted by Crippen LogP contribution is -2.26. The largest absolute Gasteiger partial charge is 0.366 e. The van der Waals surface area contributed by atoms with Gasteiger partial charge >= 0.3 is 0 Å². The Balaban J connectivity index is 1.38. The van der Waals surface area contributed by atoms with Crippen LogP contribution in [-0.2, 0) is 0 Å². The fourth-order valence-corrected chi connectivity index (χ4v) is 4.76. The third-order valence-electron chi connectivity index (χ3n) is 6.76. The Kier molecular flexibility index (Phi) is 4.55. The zero-order valence-electron chi connectivity index (χ0n) is 18.5. The van der Waals surface area contributed by atoms with Gasteiger partial charge in [0.05, 0.1) is 17.9 Å². The predicted molar refractivity (Wildman–Crippen MR) is 125 cm³/mol. The number of hydrogen-bond donors (Lipinski definition) is 1. The molecule has 1 aliphatic heterocycles. The van der Waals surface area contributed by atoms with Crippen LogP contribution in [-0.4, -0.2) is 24.4 Å². The lowest BCUT2D eigenvalue weighted by atomic mass is 9.92. The molecule has 3 aromatic heterocycles. The van der Waals surface area contributed by atoms with Gasteiger partial charge < -0.3 is 10.6 Å². The summed E-state index contributed by atoms with van der Waals surface area (Å²) in [4.78, 5) is 5.98. The molecule has 2 unspecified atom stereocenters. The maximum atomic E-state index is 15.2. The molecule has 1 aromatic carbocycles. The highest BCUT2D eigenvalue weighted by Crippen LogP contribution is 2.56. The van der Waals surface area contributed by atoms with E-state index in [1.807, 2.05) is 40.2 Å². The van der Waals surface area contributed by atoms with E-state index in [4.69, 9.17) is 5.73 Å². The first kappa shape index (κ1) is 20.6. The summed E-state index contributed by atoms with van der Waals surface area (Å²) >= 11 is 0. The number of fused-ring (bicyclic) bond motifs is 1. The van der Waals surface area contributed by atoms with Crippen LogP contribution in [0.1, 0.15) is 43.0 Å². The number of nitrogens with zero attached hydrogens (tertiary/aromatic N) is 6. The summed E-state index contributed by atoms with van der Waals surface area (Å²) < 4.78 is 32.2. The second-order valence-electron chi connectivity index (χ2n) is 9.22. The minimum Gasteiger partial charge on any atom is -0.366 e. The summed E-state index contributed by atoms with van der Waals surface area (Å²) in [6.45, 7) is 2.22. The van der Waals surface area contributed by atoms with Gasteiger partial charge in [0.1, 0.15) is 17.7 Å². The van der Waals surface area contributed by atoms with Crippen molar-refractivity contribution in [2.24, 2.45) is 5.41 Å². The smallest absolute Gasteiger partial charge is 0.240 e. The molecule has 0 saturated heterocycles. The molecule has 0 radical (unpaired) electrons. The minimum absolute atomic E-state index is 0.0380. The van der Waals surface area contributed by atoms with Crippen LogP contribution < -0.4 is 10.6 Å². The fourth-order valence-electron chi connectivity index (χ4n) is 4.76. The standard InChI is InChI=1S/C25H23F2N7/c1-25(10-11-25)23(16-4-7-18(26)8-5-16)34-15-19(13-29-34)32-12-2-3-20(27)22(32)17-6-9-21-30-24(28)31-33(21)14-17/h2-9,12-15,22-23H,10-11H2,1H3,(H2,28,31). The van der Waals surface area contributed by atoms with Crippen molar-refractivity contribution < 1.29 is 8.78 Å². The molecule has 0 spiro atoms. The van der Waals surface area contributed by atoms with E-state index in [1.54, 1.807) is 29.1 Å². The van der Waals surface area contributed by atoms with Crippen molar-refractivity contribution in [3.05, 3.63) is 96.1 Å². The quantitative estimate of drug-likeness (QED) is 0.456. The first-order valence-corrected chi connectivity index (χ1v) is 11.1. The third kappa shape index (κ3) is 3.44. The molecule has 2 N–H and O–H groups in total. The van der Waals surface area contributed by atoms with Crippen LogP contribution in [0, 0.1) is 11.2 Å². The molecule has 2 atom stereocenters. The Morgan fingerprint density at radius 3 is 2.65 bits per heavy atom. The number of halogens is 2. The van der Waals surface area contributed by atoms with E-state index in [1.165, 1.54) is 18.2 Å². The summed E-state index contributed by atoms with van der Waals surface area (Å²) in [6.07, 6.45) is 12.5. The van der Waals surface area contributed by atoms with Crippen molar-refractivity contribution in [2.45, 2.75) is 31.8 Å². The van der Waals surface area contributed by atoms with Crippen LogP contribution in [0.15, 0.2) is 79.2 Å². The molecule has 0 amide bonds. The second kappa shape index (κ2) is 7.51. The monoisotopic (exact) mass is 459 g/mol. The van der Waals surface area contributed by atoms with Crippen molar-refractivity contribution in [3.63, 3.8) is 0 Å². The molecule has 9 heteroatoms. The lowest BCUT2D eigenvalue weighted by Gasteiger charge is -2.31. The van der Waals surface area contributed by atoms with E-state index in [0.29, 0.717) is 11.2 Å². The summed E-state index contributed by atoms with van der Waals surface area (Å²) in [5, 5.41) is 8.82. The van der Waals surface area contributed by atoms with Crippen LogP contribution in [0.4, 0.5) is 20.4 Å². The van der Waals surface area contributed by atoms with E-state index in [-0.39, 0.29) is 29.0 Å². The Bertz CT molecular complexity index is 1430. The summed E-state index contributed by atoms with van der Waals surface area (Å²) in [5.41, 5.74) is 8.80. The first-order valence-electron chi connectivity index (χ1n) is 11.1. The van der Waals surface area contributed by atoms with Gasteiger partial charge in [-0.25, -0.2) is 13.3 Å². The highest BCUT2D eigenvalue weighted by Gasteiger charge is 2.47. The first-order chi connectivity index (χ1) is 16.4. The highest BCUT2D eigenvalue weighted by atomic mass is 19.1. The topological polar surface area (TPSA) is 77.3 Å². The van der Waals surface area contributed by atoms with E-state index in [9.17, 15) is 4.39 Å². The maximum Gasteiger partial charge on any atom is 0.240 e. The van der Waals surface area contributed by atoms with Crippen molar-refractivity contribution in [2.75, 3.05) is 10.6 Å². The number of allylic oxidation sites excluding steroid dienone is 2. The number of aromatic nitrogens is 5. The number of benzene rings is 1. The SMILES string of the molecule is CC1(C(c2ccc(F)cc2)n2cc(N3C=CC=C(F)C3c3ccc4nc(N)nn4c3)cn2)CC1. The summed E-state index contributed by atoms with van der Waals surface area (Å²) in [6, 6.07) is 9.47. The predicted octanol–water partition coefficient (Wildman–Crippen LogP) is 4.97. The Morgan fingerprint density at radius 2 is 1.88 bits per heavy atom. The number of pyridine rings is 1. The molecular weight excluding hydrogens is 436 g/mol. The van der Waals surface area contributed by atoms with Gasteiger partial charge in [0.2, 0.25) is 5.95 Å². The fraction of sp³-hybridized carbons (Fsp3) is 0.240. The number of rotatable bonds is 5. The molecule has 1 saturated carbocycles. The minimum atomic E-state index is -0.682. The van der Waals surface area contributed by atoms with E-state index < -0.39 is 6.04 Å². The van der Waals surface area contributed by atoms with Crippen LogP contribution in [0.2, 0.25) is 0 Å². The second-order valence-corrected chi connectivity index (χ2v) is 9.22. The van der Waals surface area contributed by atoms with Crippen LogP contribution in [0.3, 0.4) is 0 Å². The molecule has 2 aliphatic rings. The van der Waals surface area contributed by atoms with E-state index in [2.05, 4.69) is 22.1 Å². The molecule has 4 heterocycles. The van der Waals surface area contributed by atoms with Crippen LogP contribution >= 0.6 is 0 Å². The molecule has 6 rings (SSSR count). The average molecular weight is 460 g/mol. The zero-order valence-corrected chi connectivity index (χ0v) is 18.5. The Morgan fingerprint density at radius 1 is 1.09 bits per heavy atom. The van der Waals surface area contributed by atoms with Crippen molar-refractivity contribution in [1.82, 2.24) is 24.4 Å². The Hall–Kier alpha value is -4.01. The molecule has 4 aromatic rings. The molecule has 1 fully saturated rings. The van der Waals surface area contributed by atoms with Crippen molar-refractivity contribution >= 4 is 17.3 Å². The van der Waals surface area contributed by atoms with Gasteiger partial charge in [0, 0.05) is 24.2 Å². The van der Waals surface area contributed by atoms with E-state index in [0.717, 1.165) is 24.1 Å². The number of nitrogen functional groups attached to an aromatic ring is 1. The van der Waals surface area contributed by atoms with Gasteiger partial charge in [-0.1, -0.05) is 25.1 Å². The van der Waals surface area contributed by atoms with Crippen molar-refractivity contribution in [1.29, 1.82) is 0 Å². The number of hydrogen-bond acceptors (Lipinski definition) is 5. The average Bonchev–Trinajstić information content (AvgIpc) is 3.20. The zero-order chi connectivity index (χ0) is 23.4. The van der Waals surface area contributed by atoms with Gasteiger partial charge in [-0.3, -0.25) is 4.68 Å². The Labute approximate surface area is 194 Å². The van der Waals surface area contributed by atoms with E-state index >= 15 is 4.39 Å². The normalized spacial score (nSPS) is 19.9. The van der Waals surface area contributed by atoms with Gasteiger partial charge in [-0.15, -0.1) is 5.10 Å². The van der Waals surface area contributed by atoms with Gasteiger partial charge in [0.15, 0.2) is 5.65 Å². The van der Waals surface area contributed by atoms with Crippen LogP contribution in [0.5, 0.6) is 0 Å². The summed E-state index contributed by atoms with van der Waals surface area (Å²) in [5.74, 6) is -0.401. The third-order valence-corrected chi connectivity index (χ3v) is 6.76. The molecule has 7 nitrogen and oxygen atoms in total. The molecule has 172 valence electrons. The van der Waals surface area contributed by atoms with Gasteiger partial charge in [-0.2, -0.15) is 10.1 Å². The van der Waals surface area contributed by atoms with Crippen LogP contribution in [0.25, 0.3) is 5.65 Å². The molecular formula is C25H23F2N7. The van der Waals surface area contributed by atoms with Crippen molar-refractivity contribution in [3.8, 4) is 0 Å². The number of nitrogens with two attached hydrogens (primary N) is 1. The van der Waals surface area contributed by atoms with Gasteiger partial charge in [0.25, 0.3) is 0 Å². The maximum absolute atomic E-state index is 15.2. The summed E-state index contributed by atoms with van der Waals surface area (Å²) in [7, 11) is 0. The molecule has 34 heavy (non-hydrogen) atoms.